The van der Waals surface area contributed by atoms with E-state index in [1.807, 2.05) is 0 Å². The minimum Gasteiger partial charge on any atom is -0.352 e. The molecule has 4 nitrogen and oxygen atoms in total. The van der Waals surface area contributed by atoms with Crippen LogP contribution in [0, 0.1) is 0 Å². The first-order valence-corrected chi connectivity index (χ1v) is 0.781. The summed E-state index contributed by atoms with van der Waals surface area (Å²) >= 11 is 0. The van der Waals surface area contributed by atoms with Crippen molar-refractivity contribution in [1.29, 1.82) is 0 Å². The quantitative estimate of drug-likeness (QED) is 0.347. The second-order valence-corrected chi connectivity index (χ2v) is 0.402. The van der Waals surface area contributed by atoms with Crippen molar-refractivity contribution in [3.8, 4) is 0 Å². The molecule has 2 radical (unpaired) electrons. The summed E-state index contributed by atoms with van der Waals surface area (Å²) in [7, 11) is 0. The van der Waals surface area contributed by atoms with Gasteiger partial charge >= 0.3 is 6.03 Å². The van der Waals surface area contributed by atoms with Gasteiger partial charge < -0.3 is 17.6 Å². The maximum atomic E-state index is 9.00. The molecule has 5 heteroatoms. The van der Waals surface area contributed by atoms with Crippen molar-refractivity contribution in [1.82, 2.24) is 6.15 Å². The van der Waals surface area contributed by atoms with Crippen molar-refractivity contribution in [3.63, 3.8) is 0 Å². The van der Waals surface area contributed by atoms with Gasteiger partial charge in [-0.1, -0.05) is 0 Å². The van der Waals surface area contributed by atoms with Crippen LogP contribution in [0.4, 0.5) is 4.79 Å². The largest absolute Gasteiger partial charge is 0.352 e. The van der Waals surface area contributed by atoms with E-state index in [2.05, 4.69) is 11.5 Å². The Kier molecular flexibility index (Phi) is 24.3. The molecular formula is CH7CaN3O. The molecule has 6 heavy (non-hydrogen) atoms. The molecule has 0 aromatic rings. The minimum absolute atomic E-state index is 0. The third-order valence-electron chi connectivity index (χ3n) is 0. The molecule has 7 N–H and O–H groups in total. The van der Waals surface area contributed by atoms with E-state index in [4.69, 9.17) is 4.79 Å². The molecule has 0 unspecified atom stereocenters. The Morgan fingerprint density at radius 3 is 1.33 bits per heavy atom. The number of primary amides is 2. The zero-order valence-electron chi connectivity index (χ0n) is 3.48. The maximum absolute atomic E-state index is 9.00. The zero-order chi connectivity index (χ0) is 3.58. The van der Waals surface area contributed by atoms with Crippen molar-refractivity contribution in [2.24, 2.45) is 11.5 Å². The Balaban J connectivity index is -0.0000000450. The van der Waals surface area contributed by atoms with Crippen molar-refractivity contribution >= 4 is 43.8 Å². The molecule has 0 saturated carbocycles. The van der Waals surface area contributed by atoms with Gasteiger partial charge in [0.05, 0.1) is 0 Å². The Morgan fingerprint density at radius 2 is 1.33 bits per heavy atom. The fourth-order valence-electron chi connectivity index (χ4n) is 0. The smallest absolute Gasteiger partial charge is 0.309 e. The average Bonchev–Trinajstić information content (AvgIpc) is 0.811. The normalized spacial score (nSPS) is 4.00. The van der Waals surface area contributed by atoms with Gasteiger partial charge in [-0.25, -0.2) is 4.79 Å². The number of nitrogens with two attached hydrogens (primary N) is 2. The van der Waals surface area contributed by atoms with E-state index in [-0.39, 0.29) is 43.9 Å². The molecule has 0 aromatic heterocycles. The standard InChI is InChI=1S/CH4N2O.Ca.H3N/c2-1(3)4;;/h(H4,2,3,4);;1H3. The van der Waals surface area contributed by atoms with E-state index in [0.29, 0.717) is 0 Å². The van der Waals surface area contributed by atoms with Crippen LogP contribution >= 0.6 is 0 Å². The Hall–Kier alpha value is 0.490. The third-order valence-corrected chi connectivity index (χ3v) is 0. The number of amides is 2. The topological polar surface area (TPSA) is 104 Å². The van der Waals surface area contributed by atoms with Crippen LogP contribution in [0.5, 0.6) is 0 Å². The predicted octanol–water partition coefficient (Wildman–Crippen LogP) is -1.20. The van der Waals surface area contributed by atoms with Gasteiger partial charge in [0.25, 0.3) is 0 Å². The van der Waals surface area contributed by atoms with Gasteiger partial charge in [-0.05, 0) is 0 Å². The van der Waals surface area contributed by atoms with Crippen molar-refractivity contribution < 1.29 is 4.79 Å². The molecule has 2 amide bonds. The van der Waals surface area contributed by atoms with Crippen molar-refractivity contribution in [2.75, 3.05) is 0 Å². The minimum atomic E-state index is -0.833. The van der Waals surface area contributed by atoms with Crippen LogP contribution in [-0.2, 0) is 0 Å². The van der Waals surface area contributed by atoms with Gasteiger partial charge in [-0.15, -0.1) is 0 Å². The Morgan fingerprint density at radius 1 is 1.33 bits per heavy atom. The van der Waals surface area contributed by atoms with Crippen LogP contribution in [0.2, 0.25) is 0 Å². The molecule has 0 fully saturated rings. The zero-order valence-corrected chi connectivity index (χ0v) is 5.69. The fourth-order valence-corrected chi connectivity index (χ4v) is 0. The van der Waals surface area contributed by atoms with Gasteiger partial charge in [0, 0.05) is 37.7 Å². The summed E-state index contributed by atoms with van der Waals surface area (Å²) in [6.45, 7) is 0. The van der Waals surface area contributed by atoms with Crippen LogP contribution < -0.4 is 17.6 Å². The maximum Gasteiger partial charge on any atom is 0.309 e. The molecule has 0 aliphatic carbocycles. The Bertz CT molecular complexity index is 33.8. The summed E-state index contributed by atoms with van der Waals surface area (Å²) in [4.78, 5) is 9.00. The molecule has 0 aliphatic heterocycles. The van der Waals surface area contributed by atoms with E-state index >= 15 is 0 Å². The molecule has 0 heterocycles. The van der Waals surface area contributed by atoms with Crippen LogP contribution in [0.15, 0.2) is 0 Å². The van der Waals surface area contributed by atoms with E-state index in [9.17, 15) is 0 Å². The van der Waals surface area contributed by atoms with Crippen LogP contribution in [0.3, 0.4) is 0 Å². The molecule has 0 saturated heterocycles. The predicted molar refractivity (Wildman–Crippen MR) is 24.5 cm³/mol. The van der Waals surface area contributed by atoms with E-state index in [1.165, 1.54) is 0 Å². The van der Waals surface area contributed by atoms with Crippen molar-refractivity contribution in [2.45, 2.75) is 0 Å². The molecule has 34 valence electrons. The first kappa shape index (κ1) is 16.1. The van der Waals surface area contributed by atoms with E-state index in [0.717, 1.165) is 0 Å². The number of hydrogen-bond donors (Lipinski definition) is 3. The van der Waals surface area contributed by atoms with Crippen LogP contribution in [0.25, 0.3) is 0 Å². The average molecular weight is 117 g/mol. The SMILES string of the molecule is N.NC(N)=O.[Ca]. The van der Waals surface area contributed by atoms with E-state index < -0.39 is 6.03 Å². The summed E-state index contributed by atoms with van der Waals surface area (Å²) < 4.78 is 0. The van der Waals surface area contributed by atoms with Gasteiger partial charge in [-0.2, -0.15) is 0 Å². The van der Waals surface area contributed by atoms with Crippen LogP contribution in [0.1, 0.15) is 0 Å². The Labute approximate surface area is 65.8 Å². The summed E-state index contributed by atoms with van der Waals surface area (Å²) in [5, 5.41) is 0. The summed E-state index contributed by atoms with van der Waals surface area (Å²) in [6.07, 6.45) is 0. The number of carbonyl (C=O) groups is 1. The third kappa shape index (κ3) is 228. The van der Waals surface area contributed by atoms with Crippen molar-refractivity contribution in [3.05, 3.63) is 0 Å². The second-order valence-electron chi connectivity index (χ2n) is 0.402. The summed E-state index contributed by atoms with van der Waals surface area (Å²) in [5.74, 6) is 0. The summed E-state index contributed by atoms with van der Waals surface area (Å²) in [5.41, 5.74) is 8.50. The molecule has 0 rings (SSSR count). The second kappa shape index (κ2) is 9.09. The van der Waals surface area contributed by atoms with E-state index in [1.54, 1.807) is 0 Å². The number of rotatable bonds is 0. The first-order valence-electron chi connectivity index (χ1n) is 0.781. The fraction of sp³-hybridized carbons (Fsp3) is 0. The summed E-state index contributed by atoms with van der Waals surface area (Å²) in [6, 6.07) is -0.833. The van der Waals surface area contributed by atoms with Gasteiger partial charge in [-0.3, -0.25) is 0 Å². The molecule has 0 aliphatic rings. The number of hydrogen-bond acceptors (Lipinski definition) is 2. The van der Waals surface area contributed by atoms with Gasteiger partial charge in [0.1, 0.15) is 0 Å². The molecule has 0 atom stereocenters. The first-order chi connectivity index (χ1) is 1.73. The number of urea groups is 1. The number of carbonyl (C=O) groups excluding carboxylic acids is 1. The van der Waals surface area contributed by atoms with Gasteiger partial charge in [0.15, 0.2) is 0 Å². The molecule has 0 aromatic carbocycles. The molecular weight excluding hydrogens is 110 g/mol. The monoisotopic (exact) mass is 117 g/mol. The molecule has 0 bridgehead atoms. The van der Waals surface area contributed by atoms with Crippen LogP contribution in [-0.4, -0.2) is 43.8 Å². The molecule has 0 spiro atoms. The van der Waals surface area contributed by atoms with Gasteiger partial charge in [0.2, 0.25) is 0 Å².